The molecule has 0 saturated heterocycles. The van der Waals surface area contributed by atoms with Crippen molar-refractivity contribution >= 4 is 5.82 Å². The van der Waals surface area contributed by atoms with E-state index in [0.717, 1.165) is 0 Å². The van der Waals surface area contributed by atoms with Crippen LogP contribution in [0.15, 0.2) is 6.07 Å². The zero-order valence-corrected chi connectivity index (χ0v) is 11.2. The predicted octanol–water partition coefficient (Wildman–Crippen LogP) is 1.40. The van der Waals surface area contributed by atoms with Gasteiger partial charge < -0.3 is 19.9 Å². The Hall–Kier alpha value is -1.40. The molecule has 18 heavy (non-hydrogen) atoms. The van der Waals surface area contributed by atoms with Gasteiger partial charge >= 0.3 is 0 Å². The quantitative estimate of drug-likeness (QED) is 0.756. The summed E-state index contributed by atoms with van der Waals surface area (Å²) in [5.74, 6) is 1.35. The third-order valence-corrected chi connectivity index (χ3v) is 2.08. The van der Waals surface area contributed by atoms with Crippen molar-refractivity contribution in [3.05, 3.63) is 11.9 Å². The number of rotatable bonds is 8. The lowest BCUT2D eigenvalue weighted by Crippen LogP contribution is -2.20. The van der Waals surface area contributed by atoms with Crippen molar-refractivity contribution in [1.29, 1.82) is 0 Å². The summed E-state index contributed by atoms with van der Waals surface area (Å²) in [4.78, 5) is 8.30. The van der Waals surface area contributed by atoms with E-state index in [0.29, 0.717) is 43.9 Å². The summed E-state index contributed by atoms with van der Waals surface area (Å²) >= 11 is 0. The second-order valence-electron chi connectivity index (χ2n) is 3.77. The molecule has 102 valence electrons. The minimum Gasteiger partial charge on any atom is -0.472 e. The van der Waals surface area contributed by atoms with Gasteiger partial charge in [0.1, 0.15) is 18.5 Å². The standard InChI is InChI=1S/C12H21N3O3/c1-4-16-7-9(3)18-12-6-10(13)14-11(15-12)8-17-5-2/h6,9H,4-5,7-8H2,1-3H3,(H2,13,14,15). The molecular formula is C12H21N3O3. The first-order chi connectivity index (χ1) is 8.65. The fraction of sp³-hybridized carbons (Fsp3) is 0.667. The summed E-state index contributed by atoms with van der Waals surface area (Å²) in [6.07, 6.45) is -0.0841. The topological polar surface area (TPSA) is 79.5 Å². The fourth-order valence-electron chi connectivity index (χ4n) is 1.33. The van der Waals surface area contributed by atoms with Gasteiger partial charge in [-0.05, 0) is 20.8 Å². The normalized spacial score (nSPS) is 12.4. The second-order valence-corrected chi connectivity index (χ2v) is 3.77. The molecule has 1 aromatic heterocycles. The molecule has 0 aliphatic heterocycles. The molecule has 1 aromatic rings. The average Bonchev–Trinajstić information content (AvgIpc) is 2.33. The Kier molecular flexibility index (Phi) is 6.38. The van der Waals surface area contributed by atoms with Crippen LogP contribution in [-0.4, -0.2) is 35.9 Å². The van der Waals surface area contributed by atoms with Crippen LogP contribution in [0, 0.1) is 0 Å². The van der Waals surface area contributed by atoms with Crippen LogP contribution in [0.2, 0.25) is 0 Å². The lowest BCUT2D eigenvalue weighted by Gasteiger charge is -2.14. The van der Waals surface area contributed by atoms with Gasteiger partial charge in [-0.3, -0.25) is 0 Å². The van der Waals surface area contributed by atoms with Crippen molar-refractivity contribution in [2.24, 2.45) is 0 Å². The van der Waals surface area contributed by atoms with Gasteiger partial charge in [0.15, 0.2) is 5.82 Å². The number of nitrogens with zero attached hydrogens (tertiary/aromatic N) is 2. The van der Waals surface area contributed by atoms with E-state index < -0.39 is 0 Å². The van der Waals surface area contributed by atoms with E-state index in [4.69, 9.17) is 19.9 Å². The molecule has 0 aromatic carbocycles. The van der Waals surface area contributed by atoms with Crippen LogP contribution in [0.1, 0.15) is 26.6 Å². The highest BCUT2D eigenvalue weighted by Crippen LogP contribution is 2.13. The zero-order chi connectivity index (χ0) is 13.4. The number of hydrogen-bond acceptors (Lipinski definition) is 6. The molecule has 0 amide bonds. The lowest BCUT2D eigenvalue weighted by atomic mass is 10.4. The molecule has 0 radical (unpaired) electrons. The summed E-state index contributed by atoms with van der Waals surface area (Å²) in [5.41, 5.74) is 5.69. The summed E-state index contributed by atoms with van der Waals surface area (Å²) < 4.78 is 16.1. The molecular weight excluding hydrogens is 234 g/mol. The predicted molar refractivity (Wildman–Crippen MR) is 68.4 cm³/mol. The molecule has 2 N–H and O–H groups in total. The van der Waals surface area contributed by atoms with Gasteiger partial charge in [0.05, 0.1) is 6.61 Å². The minimum absolute atomic E-state index is 0.0841. The smallest absolute Gasteiger partial charge is 0.219 e. The van der Waals surface area contributed by atoms with Gasteiger partial charge in [0.25, 0.3) is 0 Å². The number of nitrogen functional groups attached to an aromatic ring is 1. The van der Waals surface area contributed by atoms with Crippen LogP contribution in [-0.2, 0) is 16.1 Å². The van der Waals surface area contributed by atoms with Crippen LogP contribution in [0.25, 0.3) is 0 Å². The molecule has 0 spiro atoms. The molecule has 1 atom stereocenters. The second kappa shape index (κ2) is 7.84. The Balaban J connectivity index is 2.61. The van der Waals surface area contributed by atoms with E-state index in [1.807, 2.05) is 20.8 Å². The van der Waals surface area contributed by atoms with Crippen molar-refractivity contribution in [3.63, 3.8) is 0 Å². The van der Waals surface area contributed by atoms with Gasteiger partial charge in [0.2, 0.25) is 5.88 Å². The maximum Gasteiger partial charge on any atom is 0.219 e. The van der Waals surface area contributed by atoms with Crippen molar-refractivity contribution in [3.8, 4) is 5.88 Å². The van der Waals surface area contributed by atoms with Gasteiger partial charge in [0, 0.05) is 19.3 Å². The average molecular weight is 255 g/mol. The van der Waals surface area contributed by atoms with Crippen molar-refractivity contribution < 1.29 is 14.2 Å². The van der Waals surface area contributed by atoms with Gasteiger partial charge in [-0.1, -0.05) is 0 Å². The van der Waals surface area contributed by atoms with Crippen LogP contribution >= 0.6 is 0 Å². The molecule has 0 aliphatic rings. The van der Waals surface area contributed by atoms with Crippen LogP contribution in [0.5, 0.6) is 5.88 Å². The Bertz CT molecular complexity index is 360. The summed E-state index contributed by atoms with van der Waals surface area (Å²) in [6, 6.07) is 1.60. The molecule has 0 fully saturated rings. The number of ether oxygens (including phenoxy) is 3. The van der Waals surface area contributed by atoms with E-state index >= 15 is 0 Å². The number of aromatic nitrogens is 2. The Labute approximate surface area is 107 Å². The highest BCUT2D eigenvalue weighted by molar-refractivity contribution is 5.32. The monoisotopic (exact) mass is 255 g/mol. The number of hydrogen-bond donors (Lipinski definition) is 1. The van der Waals surface area contributed by atoms with E-state index in [-0.39, 0.29) is 6.10 Å². The maximum atomic E-state index is 5.69. The molecule has 6 heteroatoms. The number of nitrogens with two attached hydrogens (primary N) is 1. The molecule has 0 aliphatic carbocycles. The highest BCUT2D eigenvalue weighted by atomic mass is 16.5. The lowest BCUT2D eigenvalue weighted by molar-refractivity contribution is 0.0626. The van der Waals surface area contributed by atoms with E-state index in [9.17, 15) is 0 Å². The zero-order valence-electron chi connectivity index (χ0n) is 11.2. The van der Waals surface area contributed by atoms with E-state index in [1.54, 1.807) is 6.07 Å². The van der Waals surface area contributed by atoms with Crippen LogP contribution in [0.4, 0.5) is 5.82 Å². The molecule has 1 rings (SSSR count). The Morgan fingerprint density at radius 2 is 1.94 bits per heavy atom. The summed E-state index contributed by atoms with van der Waals surface area (Å²) in [5, 5.41) is 0. The first-order valence-corrected chi connectivity index (χ1v) is 6.11. The van der Waals surface area contributed by atoms with Gasteiger partial charge in [-0.2, -0.15) is 4.98 Å². The largest absolute Gasteiger partial charge is 0.472 e. The Morgan fingerprint density at radius 1 is 1.22 bits per heavy atom. The van der Waals surface area contributed by atoms with Crippen LogP contribution in [0.3, 0.4) is 0 Å². The minimum atomic E-state index is -0.0841. The summed E-state index contributed by atoms with van der Waals surface area (Å²) in [7, 11) is 0. The molecule has 6 nitrogen and oxygen atoms in total. The first-order valence-electron chi connectivity index (χ1n) is 6.11. The third-order valence-electron chi connectivity index (χ3n) is 2.08. The van der Waals surface area contributed by atoms with Crippen molar-refractivity contribution in [2.75, 3.05) is 25.6 Å². The maximum absolute atomic E-state index is 5.69. The molecule has 1 heterocycles. The molecule has 1 unspecified atom stereocenters. The first kappa shape index (κ1) is 14.7. The highest BCUT2D eigenvalue weighted by Gasteiger charge is 2.08. The molecule has 0 saturated carbocycles. The van der Waals surface area contributed by atoms with Crippen molar-refractivity contribution in [1.82, 2.24) is 9.97 Å². The SMILES string of the molecule is CCOCc1nc(N)cc(OC(C)COCC)n1. The van der Waals surface area contributed by atoms with Crippen LogP contribution < -0.4 is 10.5 Å². The van der Waals surface area contributed by atoms with E-state index in [2.05, 4.69) is 9.97 Å². The van der Waals surface area contributed by atoms with Crippen molar-refractivity contribution in [2.45, 2.75) is 33.5 Å². The van der Waals surface area contributed by atoms with Gasteiger partial charge in [-0.25, -0.2) is 4.98 Å². The summed E-state index contributed by atoms with van der Waals surface area (Å²) in [6.45, 7) is 7.88. The third kappa shape index (κ3) is 5.29. The molecule has 0 bridgehead atoms. The van der Waals surface area contributed by atoms with Gasteiger partial charge in [-0.15, -0.1) is 0 Å². The number of anilines is 1. The van der Waals surface area contributed by atoms with E-state index in [1.165, 1.54) is 0 Å². The fourth-order valence-corrected chi connectivity index (χ4v) is 1.33. The Morgan fingerprint density at radius 3 is 2.61 bits per heavy atom.